The number of hydrogen-bond donors (Lipinski definition) is 4. The van der Waals surface area contributed by atoms with E-state index in [1.807, 2.05) is 0 Å². The van der Waals surface area contributed by atoms with Gasteiger partial charge in [-0.25, -0.2) is 9.36 Å². The number of aliphatic hydroxyl groups excluding tert-OH is 1. The Morgan fingerprint density at radius 2 is 0.982 bits per heavy atom. The van der Waals surface area contributed by atoms with E-state index in [0.29, 0.717) is 12.8 Å². The van der Waals surface area contributed by atoms with Crippen molar-refractivity contribution in [2.24, 2.45) is 0 Å². The summed E-state index contributed by atoms with van der Waals surface area (Å²) in [7, 11) is -4.75. The molecular weight excluding hydrogens is 721 g/mol. The highest BCUT2D eigenvalue weighted by atomic mass is 31.2. The molecular formula is C43H80NO10P. The minimum Gasteiger partial charge on any atom is -0.480 e. The Kier molecular flexibility index (Phi) is 37.4. The van der Waals surface area contributed by atoms with Gasteiger partial charge in [0.2, 0.25) is 5.91 Å². The molecule has 0 aliphatic rings. The molecule has 0 aliphatic carbocycles. The van der Waals surface area contributed by atoms with Crippen molar-refractivity contribution in [3.63, 3.8) is 0 Å². The zero-order chi connectivity index (χ0) is 40.7. The fraction of sp³-hybridized carbons (Fsp3) is 0.837. The molecule has 0 saturated heterocycles. The van der Waals surface area contributed by atoms with Gasteiger partial charge in [-0.05, 0) is 57.8 Å². The Hall–Kier alpha value is -2.04. The first kappa shape index (κ1) is 53.0. The third kappa shape index (κ3) is 38.6. The van der Waals surface area contributed by atoms with E-state index in [2.05, 4.69) is 43.5 Å². The van der Waals surface area contributed by atoms with Crippen LogP contribution in [0.3, 0.4) is 0 Å². The number of amides is 1. The van der Waals surface area contributed by atoms with Crippen LogP contribution in [0.15, 0.2) is 24.3 Å². The maximum Gasteiger partial charge on any atom is 0.472 e. The van der Waals surface area contributed by atoms with Gasteiger partial charge >= 0.3 is 19.8 Å². The van der Waals surface area contributed by atoms with Crippen LogP contribution in [0.2, 0.25) is 0 Å². The molecule has 0 aromatic heterocycles. The molecule has 0 aliphatic heterocycles. The topological polar surface area (TPSA) is 169 Å². The molecule has 0 aromatic carbocycles. The van der Waals surface area contributed by atoms with Gasteiger partial charge in [-0.2, -0.15) is 0 Å². The Bertz CT molecular complexity index is 1040. The number of hydrogen-bond acceptors (Lipinski definition) is 8. The van der Waals surface area contributed by atoms with Gasteiger partial charge in [0.15, 0.2) is 6.04 Å². The summed E-state index contributed by atoms with van der Waals surface area (Å²) in [5, 5.41) is 21.8. The lowest BCUT2D eigenvalue weighted by molar-refractivity contribution is -0.147. The number of carbonyl (C=O) groups is 3. The molecule has 0 spiro atoms. The second-order valence-corrected chi connectivity index (χ2v) is 16.3. The molecule has 3 atom stereocenters. The largest absolute Gasteiger partial charge is 0.480 e. The number of aliphatic hydroxyl groups is 1. The van der Waals surface area contributed by atoms with Crippen LogP contribution in [0, 0.1) is 0 Å². The van der Waals surface area contributed by atoms with E-state index >= 15 is 0 Å². The molecule has 0 radical (unpaired) electrons. The summed E-state index contributed by atoms with van der Waals surface area (Å²) in [6.07, 6.45) is 39.3. The van der Waals surface area contributed by atoms with Crippen LogP contribution in [0.1, 0.15) is 200 Å². The van der Waals surface area contributed by atoms with E-state index in [1.165, 1.54) is 96.3 Å². The van der Waals surface area contributed by atoms with Gasteiger partial charge < -0.3 is 25.2 Å². The average Bonchev–Trinajstić information content (AvgIpc) is 3.16. The first-order valence-electron chi connectivity index (χ1n) is 21.9. The molecule has 4 N–H and O–H groups in total. The fourth-order valence-electron chi connectivity index (χ4n) is 6.02. The van der Waals surface area contributed by atoms with Gasteiger partial charge in [0.05, 0.1) is 13.2 Å². The summed E-state index contributed by atoms with van der Waals surface area (Å²) >= 11 is 0. The molecule has 12 heteroatoms. The summed E-state index contributed by atoms with van der Waals surface area (Å²) < 4.78 is 26.8. The van der Waals surface area contributed by atoms with Crippen LogP contribution in [-0.2, 0) is 32.7 Å². The van der Waals surface area contributed by atoms with Crippen molar-refractivity contribution in [3.8, 4) is 0 Å². The van der Waals surface area contributed by atoms with Crippen LogP contribution in [-0.4, -0.2) is 64.9 Å². The maximum atomic E-state index is 12.3. The fourth-order valence-corrected chi connectivity index (χ4v) is 6.79. The smallest absolute Gasteiger partial charge is 0.472 e. The second-order valence-electron chi connectivity index (χ2n) is 14.9. The van der Waals surface area contributed by atoms with Crippen molar-refractivity contribution in [3.05, 3.63) is 24.3 Å². The maximum absolute atomic E-state index is 12.3. The van der Waals surface area contributed by atoms with Crippen molar-refractivity contribution in [1.82, 2.24) is 5.32 Å². The van der Waals surface area contributed by atoms with E-state index in [-0.39, 0.29) is 12.8 Å². The highest BCUT2D eigenvalue weighted by molar-refractivity contribution is 7.47. The van der Waals surface area contributed by atoms with E-state index in [1.54, 1.807) is 0 Å². The number of phosphoric ester groups is 1. The van der Waals surface area contributed by atoms with E-state index in [9.17, 15) is 34.1 Å². The number of carboxylic acid groups (broad SMARTS) is 1. The zero-order valence-corrected chi connectivity index (χ0v) is 35.6. The van der Waals surface area contributed by atoms with E-state index in [0.717, 1.165) is 64.2 Å². The van der Waals surface area contributed by atoms with Crippen LogP contribution in [0.25, 0.3) is 0 Å². The first-order chi connectivity index (χ1) is 26.6. The summed E-state index contributed by atoms with van der Waals surface area (Å²) in [5.74, 6) is -2.38. The van der Waals surface area contributed by atoms with Crippen molar-refractivity contribution in [2.45, 2.75) is 212 Å². The van der Waals surface area contributed by atoms with Gasteiger partial charge in [-0.1, -0.05) is 154 Å². The van der Waals surface area contributed by atoms with Crippen molar-refractivity contribution in [2.75, 3.05) is 19.8 Å². The van der Waals surface area contributed by atoms with Crippen molar-refractivity contribution in [1.29, 1.82) is 0 Å². The highest BCUT2D eigenvalue weighted by Gasteiger charge is 2.28. The monoisotopic (exact) mass is 802 g/mol. The minimum atomic E-state index is -4.75. The molecule has 0 saturated carbocycles. The summed E-state index contributed by atoms with van der Waals surface area (Å²) in [6.45, 7) is 2.52. The normalized spacial score (nSPS) is 14.0. The van der Waals surface area contributed by atoms with Gasteiger partial charge in [-0.3, -0.25) is 18.6 Å². The Balaban J connectivity index is 3.87. The van der Waals surface area contributed by atoms with Crippen LogP contribution in [0.5, 0.6) is 0 Å². The van der Waals surface area contributed by atoms with Crippen molar-refractivity contribution >= 4 is 25.7 Å². The number of phosphoric acid groups is 1. The Labute approximate surface area is 334 Å². The molecule has 0 rings (SSSR count). The van der Waals surface area contributed by atoms with E-state index in [4.69, 9.17) is 13.8 Å². The van der Waals surface area contributed by atoms with Crippen LogP contribution >= 0.6 is 7.82 Å². The van der Waals surface area contributed by atoms with E-state index < -0.39 is 57.6 Å². The lowest BCUT2D eigenvalue weighted by atomic mass is 10.0. The van der Waals surface area contributed by atoms with Crippen molar-refractivity contribution < 1.29 is 47.8 Å². The highest BCUT2D eigenvalue weighted by Crippen LogP contribution is 2.43. The van der Waals surface area contributed by atoms with Gasteiger partial charge in [0, 0.05) is 12.8 Å². The number of esters is 1. The Morgan fingerprint density at radius 3 is 1.45 bits per heavy atom. The molecule has 0 heterocycles. The van der Waals surface area contributed by atoms with Gasteiger partial charge in [0.1, 0.15) is 12.7 Å². The quantitative estimate of drug-likeness (QED) is 0.0202. The third-order valence-corrected chi connectivity index (χ3v) is 10.4. The molecule has 0 fully saturated rings. The number of carboxylic acids is 1. The molecule has 1 amide bonds. The van der Waals surface area contributed by atoms with Crippen LogP contribution < -0.4 is 5.32 Å². The number of rotatable bonds is 41. The summed E-state index contributed by atoms with van der Waals surface area (Å²) in [5.41, 5.74) is 0. The van der Waals surface area contributed by atoms with Crippen LogP contribution in [0.4, 0.5) is 0 Å². The minimum absolute atomic E-state index is 0.146. The molecule has 0 bridgehead atoms. The second kappa shape index (κ2) is 38.8. The zero-order valence-electron chi connectivity index (χ0n) is 34.7. The number of ether oxygens (including phenoxy) is 1. The Morgan fingerprint density at radius 1 is 0.564 bits per heavy atom. The number of aliphatic carboxylic acids is 1. The number of nitrogens with one attached hydrogen (secondary N) is 1. The molecule has 11 nitrogen and oxygen atoms in total. The van der Waals surface area contributed by atoms with Gasteiger partial charge in [-0.15, -0.1) is 0 Å². The lowest BCUT2D eigenvalue weighted by Gasteiger charge is -2.18. The molecule has 3 unspecified atom stereocenters. The number of unbranched alkanes of at least 4 members (excludes halogenated alkanes) is 23. The summed E-state index contributed by atoms with van der Waals surface area (Å²) in [4.78, 5) is 45.8. The molecule has 55 heavy (non-hydrogen) atoms. The SMILES string of the molecule is CCC/C=C\CCCCCCCC(=O)OCC(O)COP(=O)(O)OCC(NC(=O)CCCCCCCCCCCCC/C=C/CCCCCCCC)C(=O)O. The standard InChI is InChI=1S/C43H80NO10P/c1-3-5-7-9-11-13-15-16-17-18-19-20-21-22-23-24-25-26-28-30-32-34-41(46)44-40(43(48)49)38-54-55(50,51)53-37-39(45)36-52-42(47)35-33-31-29-27-14-12-10-8-6-4-2/h8,10,16-17,39-40,45H,3-7,9,11-15,18-38H2,1-2H3,(H,44,46)(H,48,49)(H,50,51)/b10-8-,17-16+. The lowest BCUT2D eigenvalue weighted by Crippen LogP contribution is -2.43. The predicted octanol–water partition coefficient (Wildman–Crippen LogP) is 11.1. The predicted molar refractivity (Wildman–Crippen MR) is 222 cm³/mol. The molecule has 322 valence electrons. The molecule has 0 aromatic rings. The third-order valence-electron chi connectivity index (χ3n) is 9.44. The first-order valence-corrected chi connectivity index (χ1v) is 23.4. The number of allylic oxidation sites excluding steroid dienone is 4. The average molecular weight is 802 g/mol. The van der Waals surface area contributed by atoms with Gasteiger partial charge in [0.25, 0.3) is 0 Å². The number of carbonyl (C=O) groups excluding carboxylic acids is 2. The summed E-state index contributed by atoms with van der Waals surface area (Å²) in [6, 6.07) is -1.54.